The van der Waals surface area contributed by atoms with Crippen LogP contribution in [0.15, 0.2) is 77.7 Å². The second kappa shape index (κ2) is 25.5. The molecular weight excluding hydrogens is 918 g/mol. The number of amides is 5. The first kappa shape index (κ1) is 53.8. The summed E-state index contributed by atoms with van der Waals surface area (Å²) in [5.74, 6) is -1.91. The average Bonchev–Trinajstić information content (AvgIpc) is 3.69. The number of unbranched alkanes of at least 4 members (excludes halogenated alkanes) is 4. The predicted molar refractivity (Wildman–Crippen MR) is 269 cm³/mol. The van der Waals surface area contributed by atoms with Crippen molar-refractivity contribution in [3.8, 4) is 11.1 Å². The number of piperidine rings is 1. The summed E-state index contributed by atoms with van der Waals surface area (Å²) in [6, 6.07) is 18.1. The fourth-order valence-corrected chi connectivity index (χ4v) is 8.79. The van der Waals surface area contributed by atoms with E-state index in [1.807, 2.05) is 36.4 Å². The van der Waals surface area contributed by atoms with Crippen molar-refractivity contribution in [3.63, 3.8) is 0 Å². The van der Waals surface area contributed by atoms with Crippen LogP contribution in [0.2, 0.25) is 0 Å². The van der Waals surface area contributed by atoms with Crippen molar-refractivity contribution < 1.29 is 37.1 Å². The van der Waals surface area contributed by atoms with E-state index < -0.39 is 40.7 Å². The molecule has 3 aliphatic heterocycles. The third-order valence-corrected chi connectivity index (χ3v) is 13.2. The number of rotatable bonds is 20. The molecule has 0 spiro atoms. The van der Waals surface area contributed by atoms with Crippen molar-refractivity contribution in [1.82, 2.24) is 35.2 Å². The third kappa shape index (κ3) is 15.2. The van der Waals surface area contributed by atoms with E-state index in [0.717, 1.165) is 113 Å². The second-order valence-corrected chi connectivity index (χ2v) is 18.2. The number of nitrogens with two attached hydrogens (primary N) is 1. The molecule has 2 saturated heterocycles. The summed E-state index contributed by atoms with van der Waals surface area (Å²) in [7, 11) is 2.11. The van der Waals surface area contributed by atoms with E-state index in [1.165, 1.54) is 0 Å². The molecule has 1 aromatic heterocycles. The number of carbonyl (C=O) groups excluding carboxylic acids is 5. The molecule has 1 atom stereocenters. The van der Waals surface area contributed by atoms with Crippen LogP contribution < -0.4 is 32.6 Å². The molecule has 0 radical (unpaired) electrons. The standard InChI is InChI=1S/C47H54F3N9O6.C5H13N/c48-47(49,50)36-26-43(62)54-27-34(36)44(63)55-39-25-32(13-14-37(39)51)31-9-6-8-30(24-31)28-58-22-20-57(21-23-58)19-18-53-41(60)12-4-2-1-3-5-17-52-38-11-7-10-33-35(38)29-59(46(33)65)40-15-16-42(61)56-45(40)64;1-4-6(3)5-2/h6-11,13-14,24-27,40,52H,1-5,12,15-23,28-29,51H2,(H,53,60)(H,54,62)(H,55,63)(H,56,61,64);4-5H2,1-3H3. The molecule has 16 nitrogen and oxygen atoms in total. The number of nitrogens with one attached hydrogen (secondary N) is 5. The number of benzene rings is 3. The van der Waals surface area contributed by atoms with Gasteiger partial charge in [-0.2, -0.15) is 13.2 Å². The Bertz CT molecular complexity index is 2560. The van der Waals surface area contributed by atoms with Crippen LogP contribution in [0.4, 0.5) is 30.2 Å². The van der Waals surface area contributed by atoms with E-state index in [4.69, 9.17) is 5.73 Å². The number of fused-ring (bicyclic) bond motifs is 1. The Morgan fingerprint density at radius 1 is 0.831 bits per heavy atom. The van der Waals surface area contributed by atoms with Gasteiger partial charge in [0.05, 0.1) is 22.5 Å². The summed E-state index contributed by atoms with van der Waals surface area (Å²) in [5.41, 5.74) is 8.33. The summed E-state index contributed by atoms with van der Waals surface area (Å²) in [6.45, 7) is 13.2. The van der Waals surface area contributed by atoms with Gasteiger partial charge in [-0.05, 0) is 86.4 Å². The maximum atomic E-state index is 13.6. The molecule has 4 heterocycles. The van der Waals surface area contributed by atoms with Crippen LogP contribution in [-0.2, 0) is 33.6 Å². The summed E-state index contributed by atoms with van der Waals surface area (Å²) < 4.78 is 40.7. The van der Waals surface area contributed by atoms with E-state index in [9.17, 15) is 41.9 Å². The van der Waals surface area contributed by atoms with Crippen molar-refractivity contribution in [2.45, 2.75) is 90.5 Å². The van der Waals surface area contributed by atoms with E-state index in [2.05, 4.69) is 61.8 Å². The Kier molecular flexibility index (Phi) is 19.3. The molecule has 71 heavy (non-hydrogen) atoms. The van der Waals surface area contributed by atoms with Crippen molar-refractivity contribution in [3.05, 3.63) is 111 Å². The molecule has 5 amide bonds. The molecule has 2 fully saturated rings. The maximum absolute atomic E-state index is 13.6. The number of hydrogen-bond donors (Lipinski definition) is 6. The number of H-pyrrole nitrogens is 1. The van der Waals surface area contributed by atoms with Crippen molar-refractivity contribution in [2.24, 2.45) is 0 Å². The Balaban J connectivity index is 0.00000129. The van der Waals surface area contributed by atoms with Gasteiger partial charge >= 0.3 is 6.18 Å². The SMILES string of the molecule is CCN(C)CC.Nc1ccc(-c2cccc(CN3CCN(CCNC(=O)CCCCCCCNc4cccc5c4CN(C4CCC(=O)NC4=O)C5=O)CC3)c2)cc1NC(=O)c1c[nH]c(=O)cc1C(F)(F)F. The molecule has 19 heteroatoms. The van der Waals surface area contributed by atoms with Crippen LogP contribution >= 0.6 is 0 Å². The Labute approximate surface area is 412 Å². The molecule has 0 saturated carbocycles. The van der Waals surface area contributed by atoms with E-state index in [1.54, 1.807) is 29.2 Å². The molecule has 382 valence electrons. The number of nitrogens with zero attached hydrogens (tertiary/aromatic N) is 4. The molecule has 0 bridgehead atoms. The zero-order valence-corrected chi connectivity index (χ0v) is 40.9. The molecular formula is C52H67F3N10O6. The molecule has 4 aromatic rings. The number of anilines is 3. The highest BCUT2D eigenvalue weighted by Gasteiger charge is 2.40. The maximum Gasteiger partial charge on any atom is 0.417 e. The lowest BCUT2D eigenvalue weighted by Gasteiger charge is -2.34. The first-order valence-corrected chi connectivity index (χ1v) is 24.5. The van der Waals surface area contributed by atoms with E-state index in [0.29, 0.717) is 49.7 Å². The van der Waals surface area contributed by atoms with Gasteiger partial charge in [0, 0.05) is 101 Å². The largest absolute Gasteiger partial charge is 0.417 e. The lowest BCUT2D eigenvalue weighted by Crippen LogP contribution is -2.52. The highest BCUT2D eigenvalue weighted by molar-refractivity contribution is 6.07. The van der Waals surface area contributed by atoms with Gasteiger partial charge in [0.25, 0.3) is 11.8 Å². The van der Waals surface area contributed by atoms with Crippen molar-refractivity contribution in [2.75, 3.05) is 82.3 Å². The highest BCUT2D eigenvalue weighted by Crippen LogP contribution is 2.34. The van der Waals surface area contributed by atoms with Crippen molar-refractivity contribution >= 4 is 46.6 Å². The smallest absolute Gasteiger partial charge is 0.397 e. The number of piperazine rings is 1. The Hall–Kier alpha value is -6.57. The summed E-state index contributed by atoms with van der Waals surface area (Å²) in [5, 5.41) is 11.3. The Morgan fingerprint density at radius 2 is 1.54 bits per heavy atom. The van der Waals surface area contributed by atoms with Crippen LogP contribution in [0, 0.1) is 0 Å². The quantitative estimate of drug-likeness (QED) is 0.0330. The van der Waals surface area contributed by atoms with Crippen LogP contribution in [0.5, 0.6) is 0 Å². The number of halogens is 3. The number of hydrogen-bond acceptors (Lipinski definition) is 11. The van der Waals surface area contributed by atoms with Crippen LogP contribution in [0.3, 0.4) is 0 Å². The average molecular weight is 985 g/mol. The van der Waals surface area contributed by atoms with Gasteiger partial charge in [0.15, 0.2) is 0 Å². The lowest BCUT2D eigenvalue weighted by molar-refractivity contribution is -0.138. The number of carbonyl (C=O) groups is 5. The summed E-state index contributed by atoms with van der Waals surface area (Å²) >= 11 is 0. The minimum absolute atomic E-state index is 0.0592. The van der Waals surface area contributed by atoms with Gasteiger partial charge in [-0.3, -0.25) is 43.9 Å². The fourth-order valence-electron chi connectivity index (χ4n) is 8.79. The number of imide groups is 1. The zero-order chi connectivity index (χ0) is 51.1. The van der Waals surface area contributed by atoms with E-state index >= 15 is 0 Å². The third-order valence-electron chi connectivity index (χ3n) is 13.2. The molecule has 1 unspecified atom stereocenters. The second-order valence-electron chi connectivity index (χ2n) is 18.2. The number of aromatic nitrogens is 1. The first-order chi connectivity index (χ1) is 34.0. The Morgan fingerprint density at radius 3 is 2.25 bits per heavy atom. The summed E-state index contributed by atoms with van der Waals surface area (Å²) in [4.78, 5) is 84.7. The number of aromatic amines is 1. The first-order valence-electron chi connectivity index (χ1n) is 24.5. The number of nitrogen functional groups attached to an aromatic ring is 1. The van der Waals surface area contributed by atoms with Crippen LogP contribution in [-0.4, -0.2) is 126 Å². The van der Waals surface area contributed by atoms with Gasteiger partial charge in [-0.25, -0.2) is 0 Å². The molecule has 7 rings (SSSR count). The fraction of sp³-hybridized carbons (Fsp3) is 0.462. The van der Waals surface area contributed by atoms with E-state index in [-0.39, 0.29) is 35.5 Å². The number of alkyl halides is 3. The minimum atomic E-state index is -4.91. The van der Waals surface area contributed by atoms with Gasteiger partial charge in [-0.1, -0.05) is 63.4 Å². The topological polar surface area (TPSA) is 205 Å². The van der Waals surface area contributed by atoms with Crippen LogP contribution in [0.1, 0.15) is 103 Å². The monoisotopic (exact) mass is 985 g/mol. The molecule has 0 aliphatic carbocycles. The summed E-state index contributed by atoms with van der Waals surface area (Å²) in [6.07, 6.45) is 1.62. The normalized spacial score (nSPS) is 16.3. The molecule has 3 aliphatic rings. The van der Waals surface area contributed by atoms with Gasteiger partial charge in [-0.15, -0.1) is 0 Å². The zero-order valence-electron chi connectivity index (χ0n) is 40.9. The van der Waals surface area contributed by atoms with Crippen molar-refractivity contribution in [1.29, 1.82) is 0 Å². The van der Waals surface area contributed by atoms with Gasteiger partial charge in [0.1, 0.15) is 6.04 Å². The predicted octanol–water partition coefficient (Wildman–Crippen LogP) is 6.30. The highest BCUT2D eigenvalue weighted by atomic mass is 19.4. The minimum Gasteiger partial charge on any atom is -0.397 e. The lowest BCUT2D eigenvalue weighted by atomic mass is 10.0. The molecule has 7 N–H and O–H groups in total. The van der Waals surface area contributed by atoms with Gasteiger partial charge < -0.3 is 36.5 Å². The number of pyridine rings is 1. The molecule has 3 aromatic carbocycles. The van der Waals surface area contributed by atoms with Gasteiger partial charge in [0.2, 0.25) is 23.3 Å². The van der Waals surface area contributed by atoms with Crippen LogP contribution in [0.25, 0.3) is 11.1 Å².